The second kappa shape index (κ2) is 1.82. The van der Waals surface area contributed by atoms with Gasteiger partial charge in [-0.15, -0.1) is 0 Å². The van der Waals surface area contributed by atoms with Crippen LogP contribution in [0.2, 0.25) is 0 Å². The second-order valence-corrected chi connectivity index (χ2v) is 1.54. The first-order chi connectivity index (χ1) is 3.83. The van der Waals surface area contributed by atoms with Crippen LogP contribution in [0.25, 0.3) is 0 Å². The number of aliphatic imine (C=N–C) groups is 1. The number of rotatable bonds is 1. The Labute approximate surface area is 47.9 Å². The Morgan fingerprint density at radius 3 is 2.88 bits per heavy atom. The molecule has 0 fully saturated rings. The summed E-state index contributed by atoms with van der Waals surface area (Å²) in [5.41, 5.74) is 0.704. The lowest BCUT2D eigenvalue weighted by Crippen LogP contribution is -2.12. The predicted molar refractivity (Wildman–Crippen MR) is 30.3 cm³/mol. The van der Waals surface area contributed by atoms with Gasteiger partial charge in [0, 0.05) is 0 Å². The van der Waals surface area contributed by atoms with E-state index in [1.165, 1.54) is 0 Å². The molecule has 8 heavy (non-hydrogen) atoms. The third kappa shape index (κ3) is 0.780. The molecular weight excluding hydrogens is 102 g/mol. The minimum absolute atomic E-state index is 0.0695. The van der Waals surface area contributed by atoms with Crippen LogP contribution in [-0.4, -0.2) is 5.90 Å². The van der Waals surface area contributed by atoms with Crippen molar-refractivity contribution >= 4 is 5.90 Å². The summed E-state index contributed by atoms with van der Waals surface area (Å²) in [6, 6.07) is 0. The van der Waals surface area contributed by atoms with Crippen LogP contribution in [0.5, 0.6) is 0 Å². The maximum atomic E-state index is 10.3. The van der Waals surface area contributed by atoms with Crippen molar-refractivity contribution in [1.82, 2.24) is 0 Å². The molecule has 1 rings (SSSR count). The van der Waals surface area contributed by atoms with Gasteiger partial charge >= 0.3 is 0 Å². The Kier molecular flexibility index (Phi) is 1.16. The largest absolute Gasteiger partial charge is 0.861 e. The fraction of sp³-hybridized carbons (Fsp3) is 0.167. The highest BCUT2D eigenvalue weighted by atomic mass is 16.3. The van der Waals surface area contributed by atoms with Crippen LogP contribution in [0.3, 0.4) is 0 Å². The zero-order chi connectivity index (χ0) is 5.98. The molecule has 2 nitrogen and oxygen atoms in total. The lowest BCUT2D eigenvalue weighted by atomic mass is 10.4. The van der Waals surface area contributed by atoms with E-state index >= 15 is 0 Å². The SMILES string of the molecule is C=CC1=CCC([O-])=N1. The van der Waals surface area contributed by atoms with Crippen molar-refractivity contribution in [2.75, 3.05) is 0 Å². The van der Waals surface area contributed by atoms with Gasteiger partial charge in [-0.25, -0.2) is 0 Å². The molecular formula is C6H6NO-. The molecule has 0 bridgehead atoms. The first kappa shape index (κ1) is 5.09. The number of nitrogens with zero attached hydrogens (tertiary/aromatic N) is 1. The Balaban J connectivity index is 2.72. The number of hydrogen-bond acceptors (Lipinski definition) is 2. The van der Waals surface area contributed by atoms with Crippen molar-refractivity contribution in [3.05, 3.63) is 24.4 Å². The van der Waals surface area contributed by atoms with Gasteiger partial charge in [0.25, 0.3) is 0 Å². The van der Waals surface area contributed by atoms with E-state index in [-0.39, 0.29) is 5.90 Å². The summed E-state index contributed by atoms with van der Waals surface area (Å²) in [4.78, 5) is 3.61. The van der Waals surface area contributed by atoms with E-state index in [4.69, 9.17) is 0 Å². The first-order valence-electron chi connectivity index (χ1n) is 2.40. The Hall–Kier alpha value is -1.05. The highest BCUT2D eigenvalue weighted by Crippen LogP contribution is 2.06. The summed E-state index contributed by atoms with van der Waals surface area (Å²) in [6.45, 7) is 3.46. The number of allylic oxidation sites excluding steroid dienone is 1. The van der Waals surface area contributed by atoms with Crippen LogP contribution in [0, 0.1) is 0 Å². The Morgan fingerprint density at radius 2 is 2.62 bits per heavy atom. The van der Waals surface area contributed by atoms with Crippen LogP contribution in [0.15, 0.2) is 29.4 Å². The standard InChI is InChI=1S/C6H7NO/c1-2-5-3-4-6(8)7-5/h2-3H,1,4H2,(H,7,8)/p-1. The first-order valence-corrected chi connectivity index (χ1v) is 2.40. The third-order valence-electron chi connectivity index (χ3n) is 0.949. The molecule has 1 aliphatic rings. The molecule has 2 heteroatoms. The summed E-state index contributed by atoms with van der Waals surface area (Å²) >= 11 is 0. The molecule has 0 spiro atoms. The molecule has 0 aromatic rings. The van der Waals surface area contributed by atoms with Crippen LogP contribution in [0.4, 0.5) is 0 Å². The van der Waals surface area contributed by atoms with Crippen molar-refractivity contribution < 1.29 is 5.11 Å². The minimum Gasteiger partial charge on any atom is -0.861 e. The molecule has 42 valence electrons. The van der Waals surface area contributed by atoms with Gasteiger partial charge in [-0.2, -0.15) is 0 Å². The van der Waals surface area contributed by atoms with E-state index in [0.717, 1.165) is 0 Å². The number of hydrogen-bond donors (Lipinski definition) is 0. The molecule has 0 saturated heterocycles. The van der Waals surface area contributed by atoms with Gasteiger partial charge < -0.3 is 5.11 Å². The fourth-order valence-electron chi connectivity index (χ4n) is 0.556. The summed E-state index contributed by atoms with van der Waals surface area (Å²) in [6.07, 6.45) is 3.78. The summed E-state index contributed by atoms with van der Waals surface area (Å²) in [5, 5.41) is 10.3. The highest BCUT2D eigenvalue weighted by molar-refractivity contribution is 5.77. The molecule has 0 N–H and O–H groups in total. The lowest BCUT2D eigenvalue weighted by molar-refractivity contribution is -0.216. The lowest BCUT2D eigenvalue weighted by Gasteiger charge is -1.97. The highest BCUT2D eigenvalue weighted by Gasteiger charge is 1.93. The van der Waals surface area contributed by atoms with E-state index < -0.39 is 0 Å². The van der Waals surface area contributed by atoms with Crippen molar-refractivity contribution in [3.63, 3.8) is 0 Å². The average Bonchev–Trinajstić information content (AvgIpc) is 2.14. The molecule has 0 aliphatic carbocycles. The normalized spacial score (nSPS) is 17.5. The van der Waals surface area contributed by atoms with Gasteiger partial charge in [0.05, 0.1) is 5.70 Å². The van der Waals surface area contributed by atoms with Crippen LogP contribution in [0.1, 0.15) is 6.42 Å². The van der Waals surface area contributed by atoms with Crippen LogP contribution in [-0.2, 0) is 0 Å². The monoisotopic (exact) mass is 108 g/mol. The zero-order valence-corrected chi connectivity index (χ0v) is 4.42. The van der Waals surface area contributed by atoms with Crippen molar-refractivity contribution in [3.8, 4) is 0 Å². The van der Waals surface area contributed by atoms with Gasteiger partial charge in [0.15, 0.2) is 0 Å². The smallest absolute Gasteiger partial charge is 0.0576 e. The van der Waals surface area contributed by atoms with E-state index in [1.54, 1.807) is 12.2 Å². The average molecular weight is 108 g/mol. The molecule has 1 aliphatic heterocycles. The third-order valence-corrected chi connectivity index (χ3v) is 0.949. The molecule has 0 unspecified atom stereocenters. The van der Waals surface area contributed by atoms with Crippen molar-refractivity contribution in [2.24, 2.45) is 4.99 Å². The minimum atomic E-state index is -0.0695. The molecule has 0 atom stereocenters. The van der Waals surface area contributed by atoms with Gasteiger partial charge in [0.1, 0.15) is 0 Å². The molecule has 0 amide bonds. The molecule has 0 aromatic heterocycles. The van der Waals surface area contributed by atoms with Gasteiger partial charge in [0.2, 0.25) is 0 Å². The molecule has 0 aromatic carbocycles. The van der Waals surface area contributed by atoms with E-state index in [1.807, 2.05) is 0 Å². The molecule has 1 heterocycles. The molecule has 0 saturated carbocycles. The molecule has 0 radical (unpaired) electrons. The summed E-state index contributed by atoms with van der Waals surface area (Å²) in [7, 11) is 0. The fourth-order valence-corrected chi connectivity index (χ4v) is 0.556. The van der Waals surface area contributed by atoms with Crippen LogP contribution < -0.4 is 5.11 Å². The van der Waals surface area contributed by atoms with Gasteiger partial charge in [-0.05, 0) is 18.4 Å². The summed E-state index contributed by atoms with van der Waals surface area (Å²) in [5.74, 6) is -0.0695. The summed E-state index contributed by atoms with van der Waals surface area (Å²) < 4.78 is 0. The Bertz CT molecular complexity index is 167. The van der Waals surface area contributed by atoms with E-state index in [9.17, 15) is 5.11 Å². The van der Waals surface area contributed by atoms with Crippen molar-refractivity contribution in [2.45, 2.75) is 6.42 Å². The predicted octanol–water partition coefficient (Wildman–Crippen LogP) is 0.219. The zero-order valence-electron chi connectivity index (χ0n) is 4.42. The van der Waals surface area contributed by atoms with Crippen molar-refractivity contribution in [1.29, 1.82) is 0 Å². The Morgan fingerprint density at radius 1 is 1.88 bits per heavy atom. The maximum absolute atomic E-state index is 10.3. The quantitative estimate of drug-likeness (QED) is 0.473. The van der Waals surface area contributed by atoms with Gasteiger partial charge in [-0.1, -0.05) is 12.7 Å². The van der Waals surface area contributed by atoms with E-state index in [0.29, 0.717) is 12.1 Å². The van der Waals surface area contributed by atoms with Gasteiger partial charge in [-0.3, -0.25) is 4.99 Å². The topological polar surface area (TPSA) is 35.4 Å². The van der Waals surface area contributed by atoms with Crippen LogP contribution >= 0.6 is 0 Å². The maximum Gasteiger partial charge on any atom is 0.0576 e. The van der Waals surface area contributed by atoms with E-state index in [2.05, 4.69) is 11.6 Å². The second-order valence-electron chi connectivity index (χ2n) is 1.54.